The lowest BCUT2D eigenvalue weighted by Crippen LogP contribution is -2.31. The minimum absolute atomic E-state index is 0.110. The largest absolute Gasteiger partial charge is 0.393 e. The third kappa shape index (κ3) is 8.81. The number of aliphatic hydroxyl groups is 1. The smallest absolute Gasteiger partial charge is 0.279 e. The van der Waals surface area contributed by atoms with Crippen LogP contribution in [0.1, 0.15) is 32.1 Å². The summed E-state index contributed by atoms with van der Waals surface area (Å²) in [6.45, 7) is 3.44. The molecule has 0 aromatic heterocycles. The Labute approximate surface area is 122 Å². The van der Waals surface area contributed by atoms with Gasteiger partial charge >= 0.3 is 0 Å². The van der Waals surface area contributed by atoms with Crippen molar-refractivity contribution in [2.24, 2.45) is 5.92 Å². The fourth-order valence-electron chi connectivity index (χ4n) is 2.74. The van der Waals surface area contributed by atoms with Crippen molar-refractivity contribution in [1.29, 1.82) is 0 Å². The molecule has 120 valence electrons. The van der Waals surface area contributed by atoms with Crippen LogP contribution in [0.2, 0.25) is 0 Å². The molecular formula is C12H29NO5P2+2. The van der Waals surface area contributed by atoms with E-state index in [0.29, 0.717) is 12.5 Å². The molecule has 0 radical (unpaired) electrons. The van der Waals surface area contributed by atoms with Gasteiger partial charge in [-0.25, -0.2) is 24.5 Å². The third-order valence-electron chi connectivity index (χ3n) is 3.61. The summed E-state index contributed by atoms with van der Waals surface area (Å²) in [7, 11) is -5.91. The summed E-state index contributed by atoms with van der Waals surface area (Å²) in [5.74, 6) is 0.532. The Kier molecular flexibility index (Phi) is 7.24. The standard InChI is InChI=1S/C12H29NO5P2/c1-19(15,16)9-13(10-20(2,17)18)8-7-11-3-5-12(14)6-4-11/h11-12,14-18H,3-10H2,1-2H3/q+2. The van der Waals surface area contributed by atoms with Crippen LogP contribution in [0.25, 0.3) is 0 Å². The van der Waals surface area contributed by atoms with Crippen LogP contribution < -0.4 is 0 Å². The summed E-state index contributed by atoms with van der Waals surface area (Å²) in [6.07, 6.45) is 4.59. The number of rotatable bonds is 7. The van der Waals surface area contributed by atoms with Gasteiger partial charge in [0.2, 0.25) is 0 Å². The predicted molar refractivity (Wildman–Crippen MR) is 83.6 cm³/mol. The highest BCUT2D eigenvalue weighted by Gasteiger charge is 2.36. The zero-order valence-corrected chi connectivity index (χ0v) is 14.2. The highest BCUT2D eigenvalue weighted by atomic mass is 31.2. The molecule has 1 rings (SSSR count). The topological polar surface area (TPSA) is 104 Å². The van der Waals surface area contributed by atoms with Crippen molar-refractivity contribution >= 4 is 15.4 Å². The molecule has 0 spiro atoms. The quantitative estimate of drug-likeness (QED) is 0.448. The second-order valence-corrected chi connectivity index (χ2v) is 11.2. The summed E-state index contributed by atoms with van der Waals surface area (Å²) in [6, 6.07) is 0. The summed E-state index contributed by atoms with van der Waals surface area (Å²) >= 11 is 0. The molecule has 0 amide bonds. The van der Waals surface area contributed by atoms with Crippen molar-refractivity contribution in [3.63, 3.8) is 0 Å². The van der Waals surface area contributed by atoms with Gasteiger partial charge < -0.3 is 5.11 Å². The lowest BCUT2D eigenvalue weighted by atomic mass is 9.85. The van der Waals surface area contributed by atoms with Gasteiger partial charge in [0.1, 0.15) is 13.3 Å². The van der Waals surface area contributed by atoms with E-state index in [1.165, 1.54) is 13.3 Å². The van der Waals surface area contributed by atoms with Gasteiger partial charge in [0.15, 0.2) is 12.6 Å². The lowest BCUT2D eigenvalue weighted by molar-refractivity contribution is 0.103. The van der Waals surface area contributed by atoms with E-state index in [1.54, 1.807) is 4.90 Å². The first-order valence-corrected chi connectivity index (χ1v) is 11.7. The van der Waals surface area contributed by atoms with E-state index in [9.17, 15) is 24.7 Å². The molecule has 0 aliphatic heterocycles. The van der Waals surface area contributed by atoms with Gasteiger partial charge in [-0.05, 0) is 38.0 Å². The van der Waals surface area contributed by atoms with Gasteiger partial charge in [-0.3, -0.25) is 0 Å². The zero-order valence-electron chi connectivity index (χ0n) is 12.4. The molecule has 0 atom stereocenters. The van der Waals surface area contributed by atoms with E-state index in [1.807, 2.05) is 0 Å². The second kappa shape index (κ2) is 7.75. The zero-order chi connectivity index (χ0) is 15.4. The number of nitrogens with zero attached hydrogens (tertiary/aromatic N) is 1. The van der Waals surface area contributed by atoms with Crippen LogP contribution in [-0.4, -0.2) is 68.1 Å². The molecule has 1 fully saturated rings. The van der Waals surface area contributed by atoms with Gasteiger partial charge in [-0.2, -0.15) is 0 Å². The van der Waals surface area contributed by atoms with E-state index in [0.717, 1.165) is 32.1 Å². The Balaban J connectivity index is 2.43. The van der Waals surface area contributed by atoms with Gasteiger partial charge in [0.05, 0.1) is 6.10 Å². The Bertz CT molecular complexity index is 269. The first kappa shape index (κ1) is 18.7. The minimum Gasteiger partial charge on any atom is -0.393 e. The van der Waals surface area contributed by atoms with Crippen molar-refractivity contribution in [2.75, 3.05) is 32.4 Å². The van der Waals surface area contributed by atoms with Crippen molar-refractivity contribution in [2.45, 2.75) is 38.2 Å². The van der Waals surface area contributed by atoms with Crippen LogP contribution in [0.5, 0.6) is 0 Å². The van der Waals surface area contributed by atoms with Crippen LogP contribution >= 0.6 is 15.4 Å². The summed E-state index contributed by atoms with van der Waals surface area (Å²) in [4.78, 5) is 40.1. The molecule has 0 heterocycles. The first-order chi connectivity index (χ1) is 9.05. The molecule has 0 unspecified atom stereocenters. The molecule has 1 aliphatic carbocycles. The number of aliphatic hydroxyl groups excluding tert-OH is 1. The molecular weight excluding hydrogens is 300 g/mol. The average molecular weight is 329 g/mol. The van der Waals surface area contributed by atoms with Crippen molar-refractivity contribution in [3.8, 4) is 0 Å². The summed E-state index contributed by atoms with van der Waals surface area (Å²) in [5, 5.41) is 9.48. The Morgan fingerprint density at radius 3 is 1.75 bits per heavy atom. The van der Waals surface area contributed by atoms with E-state index >= 15 is 0 Å². The molecule has 5 N–H and O–H groups in total. The average Bonchev–Trinajstić information content (AvgIpc) is 2.23. The summed E-state index contributed by atoms with van der Waals surface area (Å²) in [5.41, 5.74) is 0. The van der Waals surface area contributed by atoms with Gasteiger partial charge in [-0.1, -0.05) is 0 Å². The lowest BCUT2D eigenvalue weighted by Gasteiger charge is -2.28. The van der Waals surface area contributed by atoms with Gasteiger partial charge in [-0.15, -0.1) is 0 Å². The molecule has 1 saturated carbocycles. The van der Waals surface area contributed by atoms with E-state index in [4.69, 9.17) is 0 Å². The molecule has 1 aliphatic rings. The van der Waals surface area contributed by atoms with Crippen LogP contribution in [0.15, 0.2) is 0 Å². The molecule has 20 heavy (non-hydrogen) atoms. The molecule has 0 aromatic carbocycles. The van der Waals surface area contributed by atoms with E-state index < -0.39 is 15.4 Å². The van der Waals surface area contributed by atoms with Gasteiger partial charge in [0.25, 0.3) is 15.4 Å². The van der Waals surface area contributed by atoms with Crippen LogP contribution in [0.3, 0.4) is 0 Å². The maximum Gasteiger partial charge on any atom is 0.279 e. The fraction of sp³-hybridized carbons (Fsp3) is 1.00. The monoisotopic (exact) mass is 329 g/mol. The number of hydrogen-bond acceptors (Lipinski definition) is 6. The third-order valence-corrected chi connectivity index (χ3v) is 5.48. The second-order valence-electron chi connectivity index (χ2n) is 6.32. The maximum absolute atomic E-state index is 9.60. The fourth-order valence-corrected chi connectivity index (χ4v) is 4.90. The molecule has 0 aromatic rings. The van der Waals surface area contributed by atoms with E-state index in [-0.39, 0.29) is 18.7 Å². The van der Waals surface area contributed by atoms with Crippen LogP contribution in [0, 0.1) is 5.92 Å². The molecule has 8 heteroatoms. The van der Waals surface area contributed by atoms with Crippen molar-refractivity contribution in [3.05, 3.63) is 0 Å². The van der Waals surface area contributed by atoms with Gasteiger partial charge in [0, 0.05) is 6.54 Å². The normalized spacial score (nSPS) is 25.2. The van der Waals surface area contributed by atoms with Crippen molar-refractivity contribution in [1.82, 2.24) is 4.90 Å². The highest BCUT2D eigenvalue weighted by molar-refractivity contribution is 7.64. The van der Waals surface area contributed by atoms with Crippen molar-refractivity contribution < 1.29 is 24.7 Å². The first-order valence-electron chi connectivity index (χ1n) is 7.08. The molecule has 6 nitrogen and oxygen atoms in total. The molecule has 0 saturated heterocycles. The van der Waals surface area contributed by atoms with Crippen LogP contribution in [-0.2, 0) is 0 Å². The van der Waals surface area contributed by atoms with Crippen LogP contribution in [0.4, 0.5) is 0 Å². The molecule has 0 bridgehead atoms. The Morgan fingerprint density at radius 1 is 0.900 bits per heavy atom. The maximum atomic E-state index is 9.60. The predicted octanol–water partition coefficient (Wildman–Crippen LogP) is 1.07. The highest BCUT2D eigenvalue weighted by Crippen LogP contribution is 2.50. The minimum atomic E-state index is -2.96. The Hall–Kier alpha value is 0.620. The summed E-state index contributed by atoms with van der Waals surface area (Å²) < 4.78 is 0. The number of hydrogen-bond donors (Lipinski definition) is 5. The SMILES string of the molecule is C[P+](O)(O)CN(CCC1CCC(O)CC1)C[P+](C)(O)O. The van der Waals surface area contributed by atoms with E-state index in [2.05, 4.69) is 0 Å². The Morgan fingerprint density at radius 2 is 1.35 bits per heavy atom.